The maximum absolute atomic E-state index is 12.7. The van der Waals surface area contributed by atoms with E-state index in [4.69, 9.17) is 18.5 Å². The molecule has 0 bridgehead atoms. The third-order valence-corrected chi connectivity index (χ3v) is 7.33. The molecule has 1 fully saturated rings. The van der Waals surface area contributed by atoms with Crippen molar-refractivity contribution in [3.8, 4) is 0 Å². The zero-order valence-electron chi connectivity index (χ0n) is 20.2. The minimum atomic E-state index is -3.05. The smallest absolute Gasteiger partial charge is 0.356 e. The number of alkyl halides is 1. The summed E-state index contributed by atoms with van der Waals surface area (Å²) in [6.45, 7) is 3.81. The summed E-state index contributed by atoms with van der Waals surface area (Å²) in [7, 11) is -1.03. The fourth-order valence-corrected chi connectivity index (χ4v) is 5.07. The number of unbranched alkanes of at least 4 members (excludes halogenated alkanes) is 11. The molecule has 1 rings (SSSR count). The van der Waals surface area contributed by atoms with Gasteiger partial charge in [-0.1, -0.05) is 76.9 Å². The van der Waals surface area contributed by atoms with Gasteiger partial charge in [0.2, 0.25) is 0 Å². The summed E-state index contributed by atoms with van der Waals surface area (Å²) < 4.78 is 46.8. The molecular weight excluding hydrogens is 417 g/mol. The minimum absolute atomic E-state index is 0.0351. The van der Waals surface area contributed by atoms with Gasteiger partial charge in [0, 0.05) is 13.2 Å². The molecule has 184 valence electrons. The van der Waals surface area contributed by atoms with Crippen molar-refractivity contribution < 1.29 is 27.5 Å². The monoisotopic (exact) mass is 464 g/mol. The first-order valence-electron chi connectivity index (χ1n) is 12.8. The van der Waals surface area contributed by atoms with Crippen LogP contribution in [0.4, 0.5) is 4.39 Å². The van der Waals surface area contributed by atoms with Crippen LogP contribution in [-0.2, 0) is 23.1 Å². The van der Waals surface area contributed by atoms with Crippen molar-refractivity contribution in [1.82, 2.24) is 0 Å². The summed E-state index contributed by atoms with van der Waals surface area (Å²) in [5, 5.41) is 0. The van der Waals surface area contributed by atoms with Crippen LogP contribution < -0.4 is 0 Å². The summed E-state index contributed by atoms with van der Waals surface area (Å²) in [6.07, 6.45) is 16.9. The van der Waals surface area contributed by atoms with Crippen LogP contribution in [0.25, 0.3) is 0 Å². The van der Waals surface area contributed by atoms with E-state index in [9.17, 15) is 8.96 Å². The van der Waals surface area contributed by atoms with E-state index < -0.39 is 13.8 Å². The molecular formula is C23H47BFO5P. The number of rotatable bonds is 21. The van der Waals surface area contributed by atoms with E-state index >= 15 is 0 Å². The molecule has 8 heteroatoms. The fraction of sp³-hybridized carbons (Fsp3) is 1.00. The van der Waals surface area contributed by atoms with E-state index in [1.165, 1.54) is 64.2 Å². The molecule has 0 spiro atoms. The third-order valence-electron chi connectivity index (χ3n) is 5.74. The van der Waals surface area contributed by atoms with Gasteiger partial charge in [-0.05, 0) is 26.2 Å². The lowest BCUT2D eigenvalue weighted by molar-refractivity contribution is 0.00384. The van der Waals surface area contributed by atoms with E-state index in [0.29, 0.717) is 19.8 Å². The minimum Gasteiger partial charge on any atom is -0.381 e. The summed E-state index contributed by atoms with van der Waals surface area (Å²) in [5.74, 6) is 0. The van der Waals surface area contributed by atoms with E-state index in [1.807, 2.05) is 7.85 Å². The molecule has 0 radical (unpaired) electrons. The molecule has 0 aromatic rings. The number of halogens is 1. The van der Waals surface area contributed by atoms with Crippen LogP contribution in [0.1, 0.15) is 96.8 Å². The lowest BCUT2D eigenvalue weighted by Gasteiger charge is -2.28. The van der Waals surface area contributed by atoms with Crippen molar-refractivity contribution in [1.29, 1.82) is 0 Å². The van der Waals surface area contributed by atoms with Gasteiger partial charge in [-0.15, -0.1) is 0 Å². The predicted molar refractivity (Wildman–Crippen MR) is 129 cm³/mol. The van der Waals surface area contributed by atoms with Gasteiger partial charge in [0.1, 0.15) is 14.2 Å². The van der Waals surface area contributed by atoms with Gasteiger partial charge < -0.3 is 18.5 Å². The van der Waals surface area contributed by atoms with Crippen LogP contribution in [-0.4, -0.2) is 52.9 Å². The maximum atomic E-state index is 12.7. The summed E-state index contributed by atoms with van der Waals surface area (Å²) in [5.41, 5.74) is 0. The van der Waals surface area contributed by atoms with Crippen molar-refractivity contribution in [3.05, 3.63) is 0 Å². The highest BCUT2D eigenvalue weighted by Crippen LogP contribution is 2.51. The molecule has 0 N–H and O–H groups in total. The Kier molecular flexibility index (Phi) is 18.3. The van der Waals surface area contributed by atoms with Crippen LogP contribution >= 0.6 is 7.60 Å². The van der Waals surface area contributed by atoms with Gasteiger partial charge in [-0.25, -0.2) is 4.39 Å². The number of hydrogen-bond acceptors (Lipinski definition) is 5. The maximum Gasteiger partial charge on any atom is 0.356 e. The molecule has 0 aromatic carbocycles. The third kappa shape index (κ3) is 17.2. The molecule has 2 unspecified atom stereocenters. The first-order chi connectivity index (χ1) is 15.1. The van der Waals surface area contributed by atoms with Gasteiger partial charge in [0.05, 0.1) is 25.5 Å². The van der Waals surface area contributed by atoms with Crippen LogP contribution in [0.15, 0.2) is 0 Å². The second-order valence-electron chi connectivity index (χ2n) is 8.84. The Morgan fingerprint density at radius 2 is 1.45 bits per heavy atom. The molecule has 0 amide bonds. The molecule has 1 aliphatic heterocycles. The molecule has 0 aromatic heterocycles. The molecule has 0 saturated carbocycles. The van der Waals surface area contributed by atoms with E-state index in [2.05, 4.69) is 0 Å². The molecule has 5 nitrogen and oxygen atoms in total. The predicted octanol–water partition coefficient (Wildman–Crippen LogP) is 6.46. The molecule has 1 aliphatic rings. The van der Waals surface area contributed by atoms with Crippen LogP contribution in [0, 0.1) is 0 Å². The van der Waals surface area contributed by atoms with E-state index in [-0.39, 0.29) is 12.5 Å². The van der Waals surface area contributed by atoms with Crippen molar-refractivity contribution in [2.24, 2.45) is 0 Å². The quantitative estimate of drug-likeness (QED) is 0.111. The van der Waals surface area contributed by atoms with Crippen molar-refractivity contribution in [2.45, 2.75) is 115 Å². The number of ether oxygens (including phenoxy) is 2. The Bertz CT molecular complexity index is 444. The van der Waals surface area contributed by atoms with Crippen molar-refractivity contribution >= 4 is 15.4 Å². The van der Waals surface area contributed by atoms with Gasteiger partial charge in [0.25, 0.3) is 0 Å². The molecule has 1 heterocycles. The molecule has 31 heavy (non-hydrogen) atoms. The van der Waals surface area contributed by atoms with Gasteiger partial charge in [-0.3, -0.25) is 4.57 Å². The second-order valence-corrected chi connectivity index (χ2v) is 10.8. The molecule has 3 atom stereocenters. The zero-order chi connectivity index (χ0) is 22.6. The first-order valence-corrected chi connectivity index (χ1v) is 14.5. The zero-order valence-corrected chi connectivity index (χ0v) is 21.1. The molecule has 1 saturated heterocycles. The average Bonchev–Trinajstić information content (AvgIpc) is 2.75. The first kappa shape index (κ1) is 29.1. The van der Waals surface area contributed by atoms with Crippen LogP contribution in [0.5, 0.6) is 0 Å². The highest BCUT2D eigenvalue weighted by Gasteiger charge is 2.32. The topological polar surface area (TPSA) is 54.0 Å². The van der Waals surface area contributed by atoms with Crippen molar-refractivity contribution in [2.75, 3.05) is 32.8 Å². The van der Waals surface area contributed by atoms with E-state index in [1.54, 1.807) is 6.92 Å². The Hall–Kier alpha value is 0.0649. The summed E-state index contributed by atoms with van der Waals surface area (Å²) in [6, 6.07) is 0. The summed E-state index contributed by atoms with van der Waals surface area (Å²) >= 11 is 0. The second kappa shape index (κ2) is 19.5. The largest absolute Gasteiger partial charge is 0.381 e. The lowest BCUT2D eigenvalue weighted by Crippen LogP contribution is -2.26. The highest BCUT2D eigenvalue weighted by atomic mass is 31.2. The standard InChI is InChI=1S/C23H47BFO5P/c1-22(25)15-12-10-8-6-4-2-3-5-7-9-11-13-16-27-17-14-18-29-31(26)21-28-23(19-24)20-30-31/h22-23H,2-21,24H2,1H3/t22?,23-,31?/m0/s1. The van der Waals surface area contributed by atoms with E-state index in [0.717, 1.165) is 38.6 Å². The fourth-order valence-electron chi connectivity index (χ4n) is 3.65. The number of hydrogen-bond donors (Lipinski definition) is 0. The Labute approximate surface area is 191 Å². The Balaban J connectivity index is 1.73. The normalized spacial score (nSPS) is 22.6. The Morgan fingerprint density at radius 1 is 0.903 bits per heavy atom. The summed E-state index contributed by atoms with van der Waals surface area (Å²) in [4.78, 5) is 0. The SMILES string of the molecule is BC[C@H]1COP(=O)(OCCCOCCCCCCCCCCCCCCC(C)F)CO1. The van der Waals surface area contributed by atoms with Gasteiger partial charge in [-0.2, -0.15) is 0 Å². The Morgan fingerprint density at radius 3 is 1.97 bits per heavy atom. The van der Waals surface area contributed by atoms with Gasteiger partial charge in [0.15, 0.2) is 0 Å². The lowest BCUT2D eigenvalue weighted by atomic mass is 10.0. The van der Waals surface area contributed by atoms with Crippen LogP contribution in [0.3, 0.4) is 0 Å². The highest BCUT2D eigenvalue weighted by molar-refractivity contribution is 7.53. The van der Waals surface area contributed by atoms with Crippen LogP contribution in [0.2, 0.25) is 6.32 Å². The van der Waals surface area contributed by atoms with Gasteiger partial charge >= 0.3 is 7.60 Å². The van der Waals surface area contributed by atoms with Crippen molar-refractivity contribution in [3.63, 3.8) is 0 Å². The molecule has 0 aliphatic carbocycles. The average molecular weight is 464 g/mol.